The normalized spacial score (nSPS) is 11.1. The molecule has 0 bridgehead atoms. The van der Waals surface area contributed by atoms with Crippen molar-refractivity contribution in [1.29, 1.82) is 0 Å². The summed E-state index contributed by atoms with van der Waals surface area (Å²) in [6.45, 7) is 3.23. The van der Waals surface area contributed by atoms with Gasteiger partial charge in [0.05, 0.1) is 18.5 Å². The first kappa shape index (κ1) is 22.7. The molecule has 0 unspecified atom stereocenters. The van der Waals surface area contributed by atoms with Gasteiger partial charge >= 0.3 is 0 Å². The van der Waals surface area contributed by atoms with Gasteiger partial charge in [-0.25, -0.2) is 8.42 Å². The van der Waals surface area contributed by atoms with E-state index in [1.165, 1.54) is 10.6 Å². The summed E-state index contributed by atoms with van der Waals surface area (Å²) in [6, 6.07) is 14.4. The number of nitrogens with one attached hydrogen (secondary N) is 1. The van der Waals surface area contributed by atoms with Crippen molar-refractivity contribution in [3.63, 3.8) is 0 Å². The third kappa shape index (κ3) is 7.75. The van der Waals surface area contributed by atoms with Gasteiger partial charge in [-0.15, -0.1) is 0 Å². The third-order valence-electron chi connectivity index (χ3n) is 4.19. The SMILES string of the molecule is COCCCNC(=O)COc1ccc(N(Cc2ccc(C)cc2)S(C)(=O)=O)cc1. The lowest BCUT2D eigenvalue weighted by Crippen LogP contribution is -2.30. The van der Waals surface area contributed by atoms with Crippen LogP contribution in [-0.2, 0) is 26.1 Å². The zero-order valence-corrected chi connectivity index (χ0v) is 17.9. The van der Waals surface area contributed by atoms with Gasteiger partial charge < -0.3 is 14.8 Å². The average Bonchev–Trinajstić information content (AvgIpc) is 2.69. The van der Waals surface area contributed by atoms with E-state index < -0.39 is 10.0 Å². The molecule has 0 spiro atoms. The molecule has 0 heterocycles. The Morgan fingerprint density at radius 2 is 1.72 bits per heavy atom. The number of carbonyl (C=O) groups is 1. The predicted molar refractivity (Wildman–Crippen MR) is 114 cm³/mol. The summed E-state index contributed by atoms with van der Waals surface area (Å²) in [4.78, 5) is 11.7. The predicted octanol–water partition coefficient (Wildman–Crippen LogP) is 2.49. The Bertz CT molecular complexity index is 880. The fourth-order valence-corrected chi connectivity index (χ4v) is 3.50. The van der Waals surface area contributed by atoms with E-state index in [9.17, 15) is 13.2 Å². The van der Waals surface area contributed by atoms with E-state index in [0.717, 1.165) is 17.5 Å². The number of anilines is 1. The lowest BCUT2D eigenvalue weighted by Gasteiger charge is -2.23. The summed E-state index contributed by atoms with van der Waals surface area (Å²) in [5.74, 6) is 0.270. The van der Waals surface area contributed by atoms with Crippen LogP contribution in [0.4, 0.5) is 5.69 Å². The number of carbonyl (C=O) groups excluding carboxylic acids is 1. The van der Waals surface area contributed by atoms with Gasteiger partial charge in [-0.2, -0.15) is 0 Å². The van der Waals surface area contributed by atoms with Crippen LogP contribution in [0.2, 0.25) is 0 Å². The molecule has 0 aliphatic heterocycles. The molecule has 2 aromatic carbocycles. The van der Waals surface area contributed by atoms with E-state index in [0.29, 0.717) is 24.6 Å². The van der Waals surface area contributed by atoms with Crippen LogP contribution in [0.25, 0.3) is 0 Å². The first-order valence-corrected chi connectivity index (χ1v) is 11.2. The van der Waals surface area contributed by atoms with Crippen LogP contribution < -0.4 is 14.4 Å². The number of hydrogen-bond acceptors (Lipinski definition) is 5. The smallest absolute Gasteiger partial charge is 0.257 e. The van der Waals surface area contributed by atoms with Crippen molar-refractivity contribution in [3.05, 3.63) is 59.7 Å². The lowest BCUT2D eigenvalue weighted by atomic mass is 10.1. The van der Waals surface area contributed by atoms with Crippen LogP contribution in [0.1, 0.15) is 17.5 Å². The van der Waals surface area contributed by atoms with E-state index >= 15 is 0 Å². The number of hydrogen-bond donors (Lipinski definition) is 1. The molecule has 2 rings (SSSR count). The quantitative estimate of drug-likeness (QED) is 0.565. The number of aryl methyl sites for hydroxylation is 1. The maximum Gasteiger partial charge on any atom is 0.257 e. The Morgan fingerprint density at radius 1 is 1.07 bits per heavy atom. The van der Waals surface area contributed by atoms with Crippen LogP contribution >= 0.6 is 0 Å². The second kappa shape index (κ2) is 10.8. The number of amides is 1. The Balaban J connectivity index is 1.98. The second-order valence-corrected chi connectivity index (χ2v) is 8.64. The highest BCUT2D eigenvalue weighted by Gasteiger charge is 2.18. The molecule has 29 heavy (non-hydrogen) atoms. The largest absolute Gasteiger partial charge is 0.484 e. The van der Waals surface area contributed by atoms with Gasteiger partial charge in [0.25, 0.3) is 5.91 Å². The monoisotopic (exact) mass is 420 g/mol. The minimum atomic E-state index is -3.46. The molecule has 7 nitrogen and oxygen atoms in total. The van der Waals surface area contributed by atoms with E-state index in [2.05, 4.69) is 5.32 Å². The minimum Gasteiger partial charge on any atom is -0.484 e. The summed E-state index contributed by atoms with van der Waals surface area (Å²) in [7, 11) is -1.85. The van der Waals surface area contributed by atoms with Gasteiger partial charge in [0, 0.05) is 20.3 Å². The van der Waals surface area contributed by atoms with E-state index in [1.807, 2.05) is 31.2 Å². The van der Waals surface area contributed by atoms with Crippen LogP contribution in [0, 0.1) is 6.92 Å². The van der Waals surface area contributed by atoms with Crippen molar-refractivity contribution in [2.45, 2.75) is 19.9 Å². The Morgan fingerprint density at radius 3 is 2.31 bits per heavy atom. The van der Waals surface area contributed by atoms with Crippen molar-refractivity contribution < 1.29 is 22.7 Å². The zero-order chi connectivity index (χ0) is 21.3. The number of sulfonamides is 1. The summed E-state index contributed by atoms with van der Waals surface area (Å²) in [5.41, 5.74) is 2.54. The highest BCUT2D eigenvalue weighted by Crippen LogP contribution is 2.23. The Kier molecular flexibility index (Phi) is 8.48. The van der Waals surface area contributed by atoms with Gasteiger partial charge in [0.15, 0.2) is 6.61 Å². The van der Waals surface area contributed by atoms with Gasteiger partial charge in [-0.3, -0.25) is 9.10 Å². The van der Waals surface area contributed by atoms with Gasteiger partial charge in [0.2, 0.25) is 10.0 Å². The summed E-state index contributed by atoms with van der Waals surface area (Å²) in [6.07, 6.45) is 1.92. The molecule has 2 aromatic rings. The van der Waals surface area contributed by atoms with E-state index in [1.54, 1.807) is 31.4 Å². The molecule has 0 atom stereocenters. The average molecular weight is 421 g/mol. The number of nitrogens with zero attached hydrogens (tertiary/aromatic N) is 1. The summed E-state index contributed by atoms with van der Waals surface area (Å²) < 4.78 is 36.3. The first-order chi connectivity index (χ1) is 13.8. The molecular weight excluding hydrogens is 392 g/mol. The first-order valence-electron chi connectivity index (χ1n) is 9.31. The molecule has 0 aliphatic carbocycles. The van der Waals surface area contributed by atoms with Crippen molar-refractivity contribution in [2.75, 3.05) is 37.4 Å². The second-order valence-electron chi connectivity index (χ2n) is 6.73. The van der Waals surface area contributed by atoms with Crippen molar-refractivity contribution in [2.24, 2.45) is 0 Å². The summed E-state index contributed by atoms with van der Waals surface area (Å²) in [5, 5.41) is 2.74. The van der Waals surface area contributed by atoms with Crippen LogP contribution in [0.5, 0.6) is 5.75 Å². The minimum absolute atomic E-state index is 0.106. The van der Waals surface area contributed by atoms with Crippen LogP contribution in [0.3, 0.4) is 0 Å². The van der Waals surface area contributed by atoms with E-state index in [-0.39, 0.29) is 19.1 Å². The van der Waals surface area contributed by atoms with Crippen molar-refractivity contribution >= 4 is 21.6 Å². The fourth-order valence-electron chi connectivity index (χ4n) is 2.61. The molecule has 0 aromatic heterocycles. The Hall–Kier alpha value is -2.58. The molecule has 0 saturated heterocycles. The Labute approximate surface area is 172 Å². The summed E-state index contributed by atoms with van der Waals surface area (Å²) >= 11 is 0. The van der Waals surface area contributed by atoms with Gasteiger partial charge in [-0.05, 0) is 43.2 Å². The maximum atomic E-state index is 12.3. The molecule has 0 radical (unpaired) electrons. The van der Waals surface area contributed by atoms with Crippen LogP contribution in [-0.4, -0.2) is 47.4 Å². The topological polar surface area (TPSA) is 84.9 Å². The molecule has 1 N–H and O–H groups in total. The van der Waals surface area contributed by atoms with E-state index in [4.69, 9.17) is 9.47 Å². The zero-order valence-electron chi connectivity index (χ0n) is 17.1. The molecular formula is C21H28N2O5S. The number of rotatable bonds is 11. The molecule has 158 valence electrons. The van der Waals surface area contributed by atoms with Crippen LogP contribution in [0.15, 0.2) is 48.5 Å². The number of benzene rings is 2. The van der Waals surface area contributed by atoms with Crippen molar-refractivity contribution in [1.82, 2.24) is 5.32 Å². The van der Waals surface area contributed by atoms with Crippen molar-refractivity contribution in [3.8, 4) is 5.75 Å². The van der Waals surface area contributed by atoms with Gasteiger partial charge in [0.1, 0.15) is 5.75 Å². The molecule has 0 fully saturated rings. The van der Waals surface area contributed by atoms with Gasteiger partial charge in [-0.1, -0.05) is 29.8 Å². The maximum absolute atomic E-state index is 12.3. The highest BCUT2D eigenvalue weighted by atomic mass is 32.2. The fraction of sp³-hybridized carbons (Fsp3) is 0.381. The molecule has 0 aliphatic rings. The standard InChI is InChI=1S/C21H28N2O5S/c1-17-5-7-18(8-6-17)15-23(29(3,25)26)19-9-11-20(12-10-19)28-16-21(24)22-13-4-14-27-2/h5-12H,4,13-16H2,1-3H3,(H,22,24). The third-order valence-corrected chi connectivity index (χ3v) is 5.33. The molecule has 1 amide bonds. The molecule has 0 saturated carbocycles. The number of methoxy groups -OCH3 is 1. The lowest BCUT2D eigenvalue weighted by molar-refractivity contribution is -0.123. The number of ether oxygens (including phenoxy) is 2. The highest BCUT2D eigenvalue weighted by molar-refractivity contribution is 7.92. The molecule has 8 heteroatoms.